The Morgan fingerprint density at radius 3 is 2.56 bits per heavy atom. The highest BCUT2D eigenvalue weighted by Crippen LogP contribution is 2.18. The number of methoxy groups -OCH3 is 1. The summed E-state index contributed by atoms with van der Waals surface area (Å²) in [5, 5.41) is 0. The average Bonchev–Trinajstić information content (AvgIpc) is 2.34. The number of ether oxygens (including phenoxy) is 2. The molecule has 0 atom stereocenters. The van der Waals surface area contributed by atoms with Gasteiger partial charge in [0.25, 0.3) is 0 Å². The van der Waals surface area contributed by atoms with Gasteiger partial charge in [-0.1, -0.05) is 12.1 Å². The minimum Gasteiger partial charge on any atom is -0.496 e. The minimum atomic E-state index is -0.332. The van der Waals surface area contributed by atoms with Gasteiger partial charge in [-0.25, -0.2) is 4.79 Å². The van der Waals surface area contributed by atoms with E-state index in [1.807, 2.05) is 20.2 Å². The molecule has 0 radical (unpaired) electrons. The van der Waals surface area contributed by atoms with E-state index >= 15 is 0 Å². The molecule has 0 bridgehead atoms. The normalized spacial score (nSPS) is 9.78. The lowest BCUT2D eigenvalue weighted by Crippen LogP contribution is -2.16. The molecule has 5 heteroatoms. The van der Waals surface area contributed by atoms with Gasteiger partial charge in [0.1, 0.15) is 11.3 Å². The fourth-order valence-electron chi connectivity index (χ4n) is 1.44. The molecule has 0 saturated carbocycles. The zero-order chi connectivity index (χ0) is 12.7. The van der Waals surface area contributed by atoms with Crippen LogP contribution < -0.4 is 4.74 Å². The summed E-state index contributed by atoms with van der Waals surface area (Å²) < 4.78 is 10.3. The highest BCUT2D eigenvalue weighted by molar-refractivity contribution is 5.92. The number of para-hydroxylation sites is 1. The van der Waals surface area contributed by atoms with Gasteiger partial charge in [-0.3, -0.25) is 0 Å². The van der Waals surface area contributed by atoms with E-state index in [9.17, 15) is 4.79 Å². The Hall–Kier alpha value is -1.26. The van der Waals surface area contributed by atoms with Gasteiger partial charge in [0.05, 0.1) is 13.7 Å². The van der Waals surface area contributed by atoms with E-state index in [0.717, 1.165) is 13.0 Å². The van der Waals surface area contributed by atoms with Crippen molar-refractivity contribution in [1.29, 1.82) is 0 Å². The fourth-order valence-corrected chi connectivity index (χ4v) is 1.44. The van der Waals surface area contributed by atoms with Crippen LogP contribution in [0.4, 0.5) is 0 Å². The molecule has 4 nitrogen and oxygen atoms in total. The lowest BCUT2D eigenvalue weighted by atomic mass is 10.2. The molecular formula is C13H20ClNO3. The number of hydrogen-bond acceptors (Lipinski definition) is 4. The number of nitrogens with zero attached hydrogens (tertiary/aromatic N) is 1. The predicted molar refractivity (Wildman–Crippen MR) is 73.7 cm³/mol. The van der Waals surface area contributed by atoms with Crippen molar-refractivity contribution in [1.82, 2.24) is 4.90 Å². The first kappa shape index (κ1) is 16.7. The van der Waals surface area contributed by atoms with Crippen LogP contribution in [-0.4, -0.2) is 45.2 Å². The van der Waals surface area contributed by atoms with Crippen LogP contribution in [0.3, 0.4) is 0 Å². The molecule has 0 aromatic heterocycles. The van der Waals surface area contributed by atoms with Crippen molar-refractivity contribution in [3.05, 3.63) is 29.8 Å². The maximum absolute atomic E-state index is 11.8. The molecule has 0 aliphatic carbocycles. The Morgan fingerprint density at radius 2 is 1.94 bits per heavy atom. The van der Waals surface area contributed by atoms with Crippen LogP contribution in [0.2, 0.25) is 0 Å². The minimum absolute atomic E-state index is 0. The number of carbonyl (C=O) groups excluding carboxylic acids is 1. The van der Waals surface area contributed by atoms with Crippen molar-refractivity contribution in [2.75, 3.05) is 34.4 Å². The summed E-state index contributed by atoms with van der Waals surface area (Å²) in [5.41, 5.74) is 0.472. The summed E-state index contributed by atoms with van der Waals surface area (Å²) >= 11 is 0. The third-order valence-corrected chi connectivity index (χ3v) is 2.31. The predicted octanol–water partition coefficient (Wildman–Crippen LogP) is 2.23. The monoisotopic (exact) mass is 273 g/mol. The van der Waals surface area contributed by atoms with E-state index in [4.69, 9.17) is 9.47 Å². The molecule has 102 valence electrons. The van der Waals surface area contributed by atoms with Crippen molar-refractivity contribution in [3.63, 3.8) is 0 Å². The zero-order valence-electron chi connectivity index (χ0n) is 11.0. The van der Waals surface area contributed by atoms with Crippen LogP contribution in [0.25, 0.3) is 0 Å². The van der Waals surface area contributed by atoms with Gasteiger partial charge < -0.3 is 14.4 Å². The smallest absolute Gasteiger partial charge is 0.341 e. The van der Waals surface area contributed by atoms with Gasteiger partial charge in [-0.05, 0) is 32.6 Å². The Bertz CT molecular complexity index is 369. The van der Waals surface area contributed by atoms with Crippen LogP contribution in [0.5, 0.6) is 5.75 Å². The maximum atomic E-state index is 11.8. The number of benzene rings is 1. The number of esters is 1. The molecular weight excluding hydrogens is 254 g/mol. The Morgan fingerprint density at radius 1 is 1.28 bits per heavy atom. The summed E-state index contributed by atoms with van der Waals surface area (Å²) in [6.07, 6.45) is 0.827. The molecule has 0 amide bonds. The summed E-state index contributed by atoms with van der Waals surface area (Å²) in [4.78, 5) is 13.8. The molecule has 0 saturated heterocycles. The lowest BCUT2D eigenvalue weighted by molar-refractivity contribution is 0.0489. The molecule has 1 aromatic rings. The molecule has 18 heavy (non-hydrogen) atoms. The topological polar surface area (TPSA) is 38.8 Å². The van der Waals surface area contributed by atoms with Gasteiger partial charge in [0, 0.05) is 6.54 Å². The van der Waals surface area contributed by atoms with E-state index in [1.54, 1.807) is 18.2 Å². The Balaban J connectivity index is 0.00000289. The summed E-state index contributed by atoms with van der Waals surface area (Å²) in [6.45, 7) is 1.33. The number of halogens is 1. The lowest BCUT2D eigenvalue weighted by Gasteiger charge is -2.10. The first-order valence-corrected chi connectivity index (χ1v) is 5.60. The molecule has 0 heterocycles. The standard InChI is InChI=1S/C13H19NO3.ClH/c1-14(2)9-6-10-17-13(15)11-7-4-5-8-12(11)16-3;/h4-5,7-8H,6,9-10H2,1-3H3;1H. The van der Waals surface area contributed by atoms with Crippen molar-refractivity contribution >= 4 is 18.4 Å². The maximum Gasteiger partial charge on any atom is 0.341 e. The van der Waals surface area contributed by atoms with E-state index < -0.39 is 0 Å². The molecule has 0 unspecified atom stereocenters. The van der Waals surface area contributed by atoms with E-state index in [1.165, 1.54) is 7.11 Å². The van der Waals surface area contributed by atoms with Crippen molar-refractivity contribution < 1.29 is 14.3 Å². The highest BCUT2D eigenvalue weighted by atomic mass is 35.5. The molecule has 0 N–H and O–H groups in total. The van der Waals surface area contributed by atoms with E-state index in [0.29, 0.717) is 17.9 Å². The fraction of sp³-hybridized carbons (Fsp3) is 0.462. The first-order valence-electron chi connectivity index (χ1n) is 5.60. The van der Waals surface area contributed by atoms with Gasteiger partial charge in [-0.15, -0.1) is 12.4 Å². The second-order valence-electron chi connectivity index (χ2n) is 3.99. The Kier molecular flexibility index (Phi) is 8.16. The molecule has 0 spiro atoms. The van der Waals surface area contributed by atoms with Gasteiger partial charge in [-0.2, -0.15) is 0 Å². The zero-order valence-corrected chi connectivity index (χ0v) is 11.8. The average molecular weight is 274 g/mol. The second kappa shape index (κ2) is 8.78. The molecule has 1 aromatic carbocycles. The summed E-state index contributed by atoms with van der Waals surface area (Å²) in [7, 11) is 5.52. The Labute approximate surface area is 114 Å². The highest BCUT2D eigenvalue weighted by Gasteiger charge is 2.12. The quantitative estimate of drug-likeness (QED) is 0.589. The SMILES string of the molecule is COc1ccccc1C(=O)OCCCN(C)C.Cl. The van der Waals surface area contributed by atoms with E-state index in [2.05, 4.69) is 4.90 Å². The van der Waals surface area contributed by atoms with E-state index in [-0.39, 0.29) is 18.4 Å². The van der Waals surface area contributed by atoms with Crippen LogP contribution in [0.1, 0.15) is 16.8 Å². The van der Waals surface area contributed by atoms with Crippen LogP contribution in [0, 0.1) is 0 Å². The van der Waals surface area contributed by atoms with Gasteiger partial charge in [0.2, 0.25) is 0 Å². The van der Waals surface area contributed by atoms with Crippen molar-refractivity contribution in [3.8, 4) is 5.75 Å². The number of carbonyl (C=O) groups is 1. The number of rotatable bonds is 6. The van der Waals surface area contributed by atoms with Gasteiger partial charge >= 0.3 is 5.97 Å². The third kappa shape index (κ3) is 5.38. The third-order valence-electron chi connectivity index (χ3n) is 2.31. The molecule has 0 fully saturated rings. The molecule has 0 aliphatic rings. The van der Waals surface area contributed by atoms with Crippen molar-refractivity contribution in [2.24, 2.45) is 0 Å². The van der Waals surface area contributed by atoms with Gasteiger partial charge in [0.15, 0.2) is 0 Å². The van der Waals surface area contributed by atoms with Crippen molar-refractivity contribution in [2.45, 2.75) is 6.42 Å². The van der Waals surface area contributed by atoms with Crippen LogP contribution >= 0.6 is 12.4 Å². The first-order chi connectivity index (χ1) is 8.15. The number of hydrogen-bond donors (Lipinski definition) is 0. The second-order valence-corrected chi connectivity index (χ2v) is 3.99. The van der Waals surface area contributed by atoms with Crippen LogP contribution in [0.15, 0.2) is 24.3 Å². The summed E-state index contributed by atoms with van der Waals surface area (Å²) in [6, 6.07) is 7.06. The summed E-state index contributed by atoms with van der Waals surface area (Å²) in [5.74, 6) is 0.214. The van der Waals surface area contributed by atoms with Crippen LogP contribution in [-0.2, 0) is 4.74 Å². The molecule has 1 rings (SSSR count). The largest absolute Gasteiger partial charge is 0.496 e. The molecule has 0 aliphatic heterocycles.